The third-order valence-electron chi connectivity index (χ3n) is 4.94. The van der Waals surface area contributed by atoms with E-state index in [1.54, 1.807) is 36.4 Å². The molecule has 5 nitrogen and oxygen atoms in total. The Balaban J connectivity index is 1.78. The molecule has 0 saturated carbocycles. The first-order valence-electron chi connectivity index (χ1n) is 8.78. The first-order chi connectivity index (χ1) is 13.4. The van der Waals surface area contributed by atoms with Crippen LogP contribution in [0.3, 0.4) is 0 Å². The molecule has 0 amide bonds. The topological polar surface area (TPSA) is 70.0 Å². The lowest BCUT2D eigenvalue weighted by Gasteiger charge is -2.29. The number of hydrogen-bond acceptors (Lipinski definition) is 5. The predicted molar refractivity (Wildman–Crippen MR) is 105 cm³/mol. The molecule has 1 N–H and O–H groups in total. The SMILES string of the molecule is CS(=O)(=O)c1ccc(C2N=C3C=C(CO)C=CN3C2c2ccc(F)cc2)cc1. The molecule has 2 unspecified atom stereocenters. The molecular formula is C21H19FN2O3S. The maximum absolute atomic E-state index is 13.4. The Kier molecular flexibility index (Phi) is 4.64. The second kappa shape index (κ2) is 7.00. The molecule has 0 fully saturated rings. The van der Waals surface area contributed by atoms with E-state index in [9.17, 15) is 17.9 Å². The molecule has 0 saturated heterocycles. The van der Waals surface area contributed by atoms with Gasteiger partial charge in [-0.05, 0) is 53.1 Å². The largest absolute Gasteiger partial charge is 0.392 e. The number of rotatable bonds is 4. The van der Waals surface area contributed by atoms with Crippen LogP contribution < -0.4 is 0 Å². The summed E-state index contributed by atoms with van der Waals surface area (Å²) in [5.74, 6) is 0.395. The Morgan fingerprint density at radius 1 is 1.07 bits per heavy atom. The van der Waals surface area contributed by atoms with Crippen LogP contribution in [0.25, 0.3) is 0 Å². The zero-order valence-electron chi connectivity index (χ0n) is 15.2. The number of benzene rings is 2. The number of aliphatic hydroxyl groups excluding tert-OH is 1. The van der Waals surface area contributed by atoms with Crippen LogP contribution in [0, 0.1) is 5.82 Å². The zero-order valence-corrected chi connectivity index (χ0v) is 16.0. The van der Waals surface area contributed by atoms with E-state index in [0.717, 1.165) is 16.7 Å². The maximum Gasteiger partial charge on any atom is 0.175 e. The molecule has 0 bridgehead atoms. The summed E-state index contributed by atoms with van der Waals surface area (Å²) >= 11 is 0. The van der Waals surface area contributed by atoms with Crippen LogP contribution >= 0.6 is 0 Å². The Bertz CT molecular complexity index is 1090. The molecule has 7 heteroatoms. The highest BCUT2D eigenvalue weighted by atomic mass is 32.2. The standard InChI is InChI=1S/C21H19FN2O3S/c1-28(26,27)18-8-4-15(5-9-18)20-21(16-2-6-17(22)7-3-16)24-11-10-14(13-25)12-19(24)23-20/h2-12,20-21,25H,13H2,1H3. The fourth-order valence-corrected chi connectivity index (χ4v) is 4.15. The third-order valence-corrected chi connectivity index (χ3v) is 6.07. The molecule has 2 heterocycles. The highest BCUT2D eigenvalue weighted by Gasteiger charge is 2.37. The molecule has 0 spiro atoms. The minimum absolute atomic E-state index is 0.0850. The first-order valence-corrected chi connectivity index (χ1v) is 10.7. The highest BCUT2D eigenvalue weighted by molar-refractivity contribution is 7.90. The monoisotopic (exact) mass is 398 g/mol. The van der Waals surface area contributed by atoms with Gasteiger partial charge in [-0.1, -0.05) is 24.3 Å². The van der Waals surface area contributed by atoms with Crippen LogP contribution in [0.1, 0.15) is 23.2 Å². The summed E-state index contributed by atoms with van der Waals surface area (Å²) in [6.45, 7) is -0.0850. The number of halogens is 1. The smallest absolute Gasteiger partial charge is 0.175 e. The lowest BCUT2D eigenvalue weighted by molar-refractivity contribution is 0.333. The van der Waals surface area contributed by atoms with Crippen molar-refractivity contribution in [3.63, 3.8) is 0 Å². The second-order valence-electron chi connectivity index (χ2n) is 6.87. The van der Waals surface area contributed by atoms with Crippen molar-refractivity contribution in [1.82, 2.24) is 4.90 Å². The van der Waals surface area contributed by atoms with Crippen molar-refractivity contribution >= 4 is 15.7 Å². The van der Waals surface area contributed by atoms with Crippen LogP contribution in [-0.4, -0.2) is 37.1 Å². The van der Waals surface area contributed by atoms with Gasteiger partial charge in [-0.2, -0.15) is 0 Å². The molecule has 4 rings (SSSR count). The molecule has 144 valence electrons. The number of aliphatic hydroxyl groups is 1. The van der Waals surface area contributed by atoms with Gasteiger partial charge in [-0.15, -0.1) is 0 Å². The van der Waals surface area contributed by atoms with Gasteiger partial charge in [-0.25, -0.2) is 12.8 Å². The summed E-state index contributed by atoms with van der Waals surface area (Å²) in [6.07, 6.45) is 6.68. The average molecular weight is 398 g/mol. The Morgan fingerprint density at radius 3 is 2.32 bits per heavy atom. The van der Waals surface area contributed by atoms with E-state index in [2.05, 4.69) is 0 Å². The summed E-state index contributed by atoms with van der Waals surface area (Å²) in [5, 5.41) is 9.42. The molecule has 2 aliphatic rings. The normalized spacial score (nSPS) is 21.3. The Labute approximate surface area is 163 Å². The predicted octanol–water partition coefficient (Wildman–Crippen LogP) is 3.17. The van der Waals surface area contributed by atoms with Crippen molar-refractivity contribution in [1.29, 1.82) is 0 Å². The summed E-state index contributed by atoms with van der Waals surface area (Å²) in [4.78, 5) is 7.05. The molecule has 2 aromatic rings. The number of hydrogen-bond donors (Lipinski definition) is 1. The van der Waals surface area contributed by atoms with Crippen molar-refractivity contribution in [2.24, 2.45) is 4.99 Å². The minimum atomic E-state index is -3.28. The number of sulfone groups is 1. The summed E-state index contributed by atoms with van der Waals surface area (Å²) < 4.78 is 36.9. The van der Waals surface area contributed by atoms with Gasteiger partial charge in [0.25, 0.3) is 0 Å². The van der Waals surface area contributed by atoms with Crippen molar-refractivity contribution < 1.29 is 17.9 Å². The lowest BCUT2D eigenvalue weighted by atomic mass is 9.93. The van der Waals surface area contributed by atoms with Crippen LogP contribution in [0.2, 0.25) is 0 Å². The van der Waals surface area contributed by atoms with Crippen LogP contribution in [0.4, 0.5) is 4.39 Å². The third kappa shape index (κ3) is 3.39. The maximum atomic E-state index is 13.4. The summed E-state index contributed by atoms with van der Waals surface area (Å²) in [5.41, 5.74) is 2.50. The lowest BCUT2D eigenvalue weighted by Crippen LogP contribution is -2.27. The van der Waals surface area contributed by atoms with E-state index in [-0.39, 0.29) is 29.4 Å². The van der Waals surface area contributed by atoms with Gasteiger partial charge >= 0.3 is 0 Å². The van der Waals surface area contributed by atoms with Gasteiger partial charge < -0.3 is 10.0 Å². The highest BCUT2D eigenvalue weighted by Crippen LogP contribution is 2.43. The fourth-order valence-electron chi connectivity index (χ4n) is 3.52. The molecular weight excluding hydrogens is 379 g/mol. The van der Waals surface area contributed by atoms with E-state index in [1.165, 1.54) is 18.4 Å². The van der Waals surface area contributed by atoms with Crippen molar-refractivity contribution in [2.75, 3.05) is 12.9 Å². The first kappa shape index (κ1) is 18.6. The van der Waals surface area contributed by atoms with E-state index in [0.29, 0.717) is 5.84 Å². The molecule has 2 aliphatic heterocycles. The van der Waals surface area contributed by atoms with E-state index in [1.807, 2.05) is 23.3 Å². The van der Waals surface area contributed by atoms with Crippen LogP contribution in [-0.2, 0) is 9.84 Å². The molecule has 0 aromatic heterocycles. The van der Waals surface area contributed by atoms with Crippen LogP contribution in [0.5, 0.6) is 0 Å². The van der Waals surface area contributed by atoms with Gasteiger partial charge in [0, 0.05) is 12.5 Å². The zero-order chi connectivity index (χ0) is 19.9. The average Bonchev–Trinajstić information content (AvgIpc) is 3.06. The molecule has 28 heavy (non-hydrogen) atoms. The van der Waals surface area contributed by atoms with Gasteiger partial charge in [0.05, 0.1) is 17.5 Å². The van der Waals surface area contributed by atoms with E-state index in [4.69, 9.17) is 4.99 Å². The van der Waals surface area contributed by atoms with E-state index >= 15 is 0 Å². The summed E-state index contributed by atoms with van der Waals surface area (Å²) in [7, 11) is -3.28. The summed E-state index contributed by atoms with van der Waals surface area (Å²) in [6, 6.07) is 12.5. The number of aliphatic imine (C=N–C) groups is 1. The molecule has 0 radical (unpaired) electrons. The quantitative estimate of drug-likeness (QED) is 0.859. The second-order valence-corrected chi connectivity index (χ2v) is 8.89. The Morgan fingerprint density at radius 2 is 1.71 bits per heavy atom. The fraction of sp³-hybridized carbons (Fsp3) is 0.190. The van der Waals surface area contributed by atoms with E-state index < -0.39 is 9.84 Å². The van der Waals surface area contributed by atoms with Crippen molar-refractivity contribution in [3.8, 4) is 0 Å². The van der Waals surface area contributed by atoms with Gasteiger partial charge in [-0.3, -0.25) is 4.99 Å². The Hall–Kier alpha value is -2.77. The number of nitrogens with zero attached hydrogens (tertiary/aromatic N) is 2. The minimum Gasteiger partial charge on any atom is -0.392 e. The number of amidine groups is 1. The molecule has 0 aliphatic carbocycles. The van der Waals surface area contributed by atoms with Crippen molar-refractivity contribution in [3.05, 3.63) is 89.4 Å². The molecule has 2 aromatic carbocycles. The number of fused-ring (bicyclic) bond motifs is 1. The van der Waals surface area contributed by atoms with Gasteiger partial charge in [0.2, 0.25) is 0 Å². The van der Waals surface area contributed by atoms with Crippen LogP contribution in [0.15, 0.2) is 82.3 Å². The van der Waals surface area contributed by atoms with Gasteiger partial charge in [0.15, 0.2) is 9.84 Å². The van der Waals surface area contributed by atoms with Crippen molar-refractivity contribution in [2.45, 2.75) is 17.0 Å². The molecule has 2 atom stereocenters. The van der Waals surface area contributed by atoms with Gasteiger partial charge in [0.1, 0.15) is 17.7 Å².